The molecule has 0 bridgehead atoms. The number of nitrogens with one attached hydrogen (secondary N) is 2. The summed E-state index contributed by atoms with van der Waals surface area (Å²) in [5.74, 6) is -0.556. The highest BCUT2D eigenvalue weighted by Crippen LogP contribution is 2.24. The smallest absolute Gasteiger partial charge is 0.262 e. The highest BCUT2D eigenvalue weighted by molar-refractivity contribution is 7.92. The van der Waals surface area contributed by atoms with E-state index < -0.39 is 21.7 Å². The molecule has 0 aliphatic carbocycles. The Morgan fingerprint density at radius 3 is 2.42 bits per heavy atom. The van der Waals surface area contributed by atoms with Crippen LogP contribution in [0, 0.1) is 12.7 Å². The Kier molecular flexibility index (Phi) is 6.91. The van der Waals surface area contributed by atoms with Gasteiger partial charge in [-0.2, -0.15) is 0 Å². The number of anilines is 2. The number of carbonyl (C=O) groups excluding carboxylic acids is 1. The molecule has 0 atom stereocenters. The summed E-state index contributed by atoms with van der Waals surface area (Å²) in [6, 6.07) is 17.4. The lowest BCUT2D eigenvalue weighted by Crippen LogP contribution is -2.21. The third kappa shape index (κ3) is 5.82. The molecule has 162 valence electrons. The summed E-state index contributed by atoms with van der Waals surface area (Å²) < 4.78 is 47.1. The van der Waals surface area contributed by atoms with Gasteiger partial charge in [-0.3, -0.25) is 9.52 Å². The summed E-state index contributed by atoms with van der Waals surface area (Å²) in [5.41, 5.74) is 1.75. The number of sulfonamides is 1. The van der Waals surface area contributed by atoms with Crippen LogP contribution in [0.1, 0.15) is 18.1 Å². The number of carbonyl (C=O) groups is 1. The zero-order valence-electron chi connectivity index (χ0n) is 17.2. The van der Waals surface area contributed by atoms with Crippen molar-refractivity contribution in [3.8, 4) is 5.75 Å². The molecule has 0 spiro atoms. The fourth-order valence-corrected chi connectivity index (χ4v) is 4.22. The second-order valence-corrected chi connectivity index (χ2v) is 8.55. The van der Waals surface area contributed by atoms with Crippen LogP contribution < -0.4 is 14.8 Å². The van der Waals surface area contributed by atoms with E-state index in [0.29, 0.717) is 11.3 Å². The van der Waals surface area contributed by atoms with E-state index in [4.69, 9.17) is 4.74 Å². The van der Waals surface area contributed by atoms with Gasteiger partial charge < -0.3 is 10.1 Å². The van der Waals surface area contributed by atoms with Crippen LogP contribution in [0.15, 0.2) is 71.6 Å². The molecule has 3 rings (SSSR count). The van der Waals surface area contributed by atoms with E-state index in [9.17, 15) is 17.6 Å². The van der Waals surface area contributed by atoms with E-state index in [1.807, 2.05) is 19.1 Å². The van der Waals surface area contributed by atoms with Crippen LogP contribution in [0.3, 0.4) is 0 Å². The van der Waals surface area contributed by atoms with E-state index in [1.165, 1.54) is 24.3 Å². The molecular weight excluding hydrogens is 419 g/mol. The molecule has 1 amide bonds. The van der Waals surface area contributed by atoms with Crippen molar-refractivity contribution in [2.24, 2.45) is 0 Å². The first-order valence-corrected chi connectivity index (χ1v) is 11.2. The number of halogens is 1. The number of amides is 1. The van der Waals surface area contributed by atoms with Crippen LogP contribution in [0.4, 0.5) is 15.8 Å². The standard InChI is InChI=1S/C23H23FN2O4S/c1-3-17-9-12-19(13-10-17)30-15-23(27)25-18-11-8-16(2)22(14-18)31(28,29)26-21-7-5-4-6-20(21)24/h4-14,26H,3,15H2,1-2H3,(H,25,27). The van der Waals surface area contributed by atoms with Gasteiger partial charge in [0.05, 0.1) is 10.6 Å². The first-order chi connectivity index (χ1) is 14.8. The van der Waals surface area contributed by atoms with E-state index in [1.54, 1.807) is 31.2 Å². The Morgan fingerprint density at radius 2 is 1.74 bits per heavy atom. The Labute approximate surface area is 181 Å². The van der Waals surface area contributed by atoms with Crippen molar-refractivity contribution in [3.05, 3.63) is 83.7 Å². The normalized spacial score (nSPS) is 11.1. The van der Waals surface area contributed by atoms with Gasteiger partial charge in [-0.1, -0.05) is 37.3 Å². The first kappa shape index (κ1) is 22.3. The minimum absolute atomic E-state index is 0.0652. The zero-order chi connectivity index (χ0) is 22.4. The molecule has 0 radical (unpaired) electrons. The zero-order valence-corrected chi connectivity index (χ0v) is 18.0. The topological polar surface area (TPSA) is 84.5 Å². The SMILES string of the molecule is CCc1ccc(OCC(=O)Nc2ccc(C)c(S(=O)(=O)Nc3ccccc3F)c2)cc1. The molecule has 0 aliphatic rings. The molecule has 0 heterocycles. The van der Waals surface area contributed by atoms with Gasteiger partial charge in [0.1, 0.15) is 11.6 Å². The van der Waals surface area contributed by atoms with Crippen molar-refractivity contribution < 1.29 is 22.3 Å². The first-order valence-electron chi connectivity index (χ1n) is 9.68. The van der Waals surface area contributed by atoms with Crippen LogP contribution in [-0.2, 0) is 21.2 Å². The highest BCUT2D eigenvalue weighted by Gasteiger charge is 2.19. The summed E-state index contributed by atoms with van der Waals surface area (Å²) in [4.78, 5) is 12.2. The van der Waals surface area contributed by atoms with Crippen molar-refractivity contribution in [3.63, 3.8) is 0 Å². The molecule has 0 fully saturated rings. The average molecular weight is 443 g/mol. The summed E-state index contributed by atoms with van der Waals surface area (Å²) in [7, 11) is -4.06. The minimum Gasteiger partial charge on any atom is -0.484 e. The quantitative estimate of drug-likeness (QED) is 0.537. The Balaban J connectivity index is 1.69. The predicted octanol–water partition coefficient (Wildman–Crippen LogP) is 4.51. The Bertz CT molecular complexity index is 1180. The maximum Gasteiger partial charge on any atom is 0.262 e. The lowest BCUT2D eigenvalue weighted by molar-refractivity contribution is -0.118. The number of para-hydroxylation sites is 1. The number of aryl methyl sites for hydroxylation is 2. The molecule has 6 nitrogen and oxygen atoms in total. The van der Waals surface area contributed by atoms with Crippen molar-refractivity contribution in [2.75, 3.05) is 16.6 Å². The molecule has 0 saturated heterocycles. The van der Waals surface area contributed by atoms with Gasteiger partial charge in [0, 0.05) is 5.69 Å². The molecule has 0 saturated carbocycles. The fourth-order valence-electron chi connectivity index (χ4n) is 2.88. The summed E-state index contributed by atoms with van der Waals surface area (Å²) >= 11 is 0. The molecule has 3 aromatic rings. The van der Waals surface area contributed by atoms with Gasteiger partial charge in [-0.25, -0.2) is 12.8 Å². The van der Waals surface area contributed by atoms with Gasteiger partial charge >= 0.3 is 0 Å². The van der Waals surface area contributed by atoms with Crippen molar-refractivity contribution >= 4 is 27.3 Å². The molecular formula is C23H23FN2O4S. The van der Waals surface area contributed by atoms with Crippen LogP contribution in [0.2, 0.25) is 0 Å². The molecule has 8 heteroatoms. The monoisotopic (exact) mass is 442 g/mol. The maximum absolute atomic E-state index is 13.9. The van der Waals surface area contributed by atoms with Crippen molar-refractivity contribution in [2.45, 2.75) is 25.2 Å². The third-order valence-electron chi connectivity index (χ3n) is 4.58. The number of ether oxygens (including phenoxy) is 1. The lowest BCUT2D eigenvalue weighted by atomic mass is 10.2. The Hall–Kier alpha value is -3.39. The van der Waals surface area contributed by atoms with Crippen LogP contribution in [-0.4, -0.2) is 20.9 Å². The Morgan fingerprint density at radius 1 is 1.03 bits per heavy atom. The largest absolute Gasteiger partial charge is 0.484 e. The number of hydrogen-bond acceptors (Lipinski definition) is 4. The molecule has 2 N–H and O–H groups in total. The summed E-state index contributed by atoms with van der Waals surface area (Å²) in [5, 5.41) is 2.62. The molecule has 0 unspecified atom stereocenters. The molecule has 0 aromatic heterocycles. The van der Waals surface area contributed by atoms with Gasteiger partial charge in [0.15, 0.2) is 6.61 Å². The summed E-state index contributed by atoms with van der Waals surface area (Å²) in [6.45, 7) is 3.44. The second kappa shape index (κ2) is 9.61. The van der Waals surface area contributed by atoms with Gasteiger partial charge in [-0.05, 0) is 60.9 Å². The van der Waals surface area contributed by atoms with Crippen molar-refractivity contribution in [1.82, 2.24) is 0 Å². The summed E-state index contributed by atoms with van der Waals surface area (Å²) in [6.07, 6.45) is 0.908. The average Bonchev–Trinajstić information content (AvgIpc) is 2.75. The predicted molar refractivity (Wildman–Crippen MR) is 118 cm³/mol. The number of benzene rings is 3. The molecule has 0 aliphatic heterocycles. The highest BCUT2D eigenvalue weighted by atomic mass is 32.2. The number of rotatable bonds is 8. The van der Waals surface area contributed by atoms with Crippen LogP contribution in [0.25, 0.3) is 0 Å². The van der Waals surface area contributed by atoms with E-state index in [-0.39, 0.29) is 22.9 Å². The molecule has 31 heavy (non-hydrogen) atoms. The number of hydrogen-bond donors (Lipinski definition) is 2. The lowest BCUT2D eigenvalue weighted by Gasteiger charge is -2.13. The third-order valence-corrected chi connectivity index (χ3v) is 6.09. The fraction of sp³-hybridized carbons (Fsp3) is 0.174. The van der Waals surface area contributed by atoms with E-state index in [0.717, 1.165) is 18.1 Å². The van der Waals surface area contributed by atoms with Gasteiger partial charge in [0.25, 0.3) is 15.9 Å². The van der Waals surface area contributed by atoms with Crippen molar-refractivity contribution in [1.29, 1.82) is 0 Å². The van der Waals surface area contributed by atoms with E-state index >= 15 is 0 Å². The van der Waals surface area contributed by atoms with Gasteiger partial charge in [0.2, 0.25) is 0 Å². The van der Waals surface area contributed by atoms with Gasteiger partial charge in [-0.15, -0.1) is 0 Å². The maximum atomic E-state index is 13.9. The minimum atomic E-state index is -4.06. The second-order valence-electron chi connectivity index (χ2n) is 6.90. The van der Waals surface area contributed by atoms with Crippen LogP contribution in [0.5, 0.6) is 5.75 Å². The van der Waals surface area contributed by atoms with Crippen LogP contribution >= 0.6 is 0 Å². The molecule has 3 aromatic carbocycles. The van der Waals surface area contributed by atoms with E-state index in [2.05, 4.69) is 10.0 Å².